The van der Waals surface area contributed by atoms with Gasteiger partial charge in [0.15, 0.2) is 0 Å². The highest BCUT2D eigenvalue weighted by atomic mass is 35.5. The smallest absolute Gasteiger partial charge is 0.255 e. The molecule has 3 heterocycles. The van der Waals surface area contributed by atoms with Crippen molar-refractivity contribution in [3.05, 3.63) is 17.0 Å². The first-order valence-electron chi connectivity index (χ1n) is 6.76. The van der Waals surface area contributed by atoms with Crippen LogP contribution in [0.15, 0.2) is 6.33 Å². The van der Waals surface area contributed by atoms with Crippen LogP contribution in [0.25, 0.3) is 5.78 Å². The Bertz CT molecular complexity index is 620. The standard InChI is InChI=1S/C13H18ClN5O/c1-9-10(14)18-12-16-8-17-19(12)11(9)15-7-13(2)3-5-20-6-4-13/h8,15H,3-7H2,1-2H3. The Morgan fingerprint density at radius 3 is 2.95 bits per heavy atom. The lowest BCUT2D eigenvalue weighted by Crippen LogP contribution is -2.33. The summed E-state index contributed by atoms with van der Waals surface area (Å²) < 4.78 is 7.13. The maximum atomic E-state index is 6.15. The molecule has 0 spiro atoms. The lowest BCUT2D eigenvalue weighted by Gasteiger charge is -2.34. The van der Waals surface area contributed by atoms with Gasteiger partial charge in [0.2, 0.25) is 0 Å². The fourth-order valence-corrected chi connectivity index (χ4v) is 2.61. The van der Waals surface area contributed by atoms with Crippen molar-refractivity contribution < 1.29 is 4.74 Å². The summed E-state index contributed by atoms with van der Waals surface area (Å²) in [6, 6.07) is 0. The van der Waals surface area contributed by atoms with Crippen LogP contribution in [-0.2, 0) is 4.74 Å². The summed E-state index contributed by atoms with van der Waals surface area (Å²) in [5.41, 5.74) is 1.12. The van der Waals surface area contributed by atoms with Gasteiger partial charge < -0.3 is 10.1 Å². The third-order valence-electron chi connectivity index (χ3n) is 3.99. The van der Waals surface area contributed by atoms with Crippen molar-refractivity contribution in [1.82, 2.24) is 19.6 Å². The Labute approximate surface area is 122 Å². The highest BCUT2D eigenvalue weighted by molar-refractivity contribution is 6.30. The van der Waals surface area contributed by atoms with Crippen molar-refractivity contribution in [3.8, 4) is 0 Å². The highest BCUT2D eigenvalue weighted by Gasteiger charge is 2.27. The summed E-state index contributed by atoms with van der Waals surface area (Å²) in [5.74, 6) is 1.38. The molecule has 0 atom stereocenters. The van der Waals surface area contributed by atoms with Gasteiger partial charge in [0.25, 0.3) is 5.78 Å². The van der Waals surface area contributed by atoms with Gasteiger partial charge in [0.05, 0.1) is 0 Å². The van der Waals surface area contributed by atoms with Crippen molar-refractivity contribution in [2.24, 2.45) is 5.41 Å². The number of rotatable bonds is 3. The van der Waals surface area contributed by atoms with E-state index >= 15 is 0 Å². The number of fused-ring (bicyclic) bond motifs is 1. The van der Waals surface area contributed by atoms with E-state index in [4.69, 9.17) is 16.3 Å². The first kappa shape index (κ1) is 13.6. The molecule has 0 amide bonds. The second kappa shape index (κ2) is 5.18. The number of anilines is 1. The van der Waals surface area contributed by atoms with Crippen LogP contribution in [0.2, 0.25) is 5.15 Å². The molecule has 2 aromatic heterocycles. The Kier molecular flexibility index (Phi) is 3.52. The maximum Gasteiger partial charge on any atom is 0.255 e. The fraction of sp³-hybridized carbons (Fsp3) is 0.615. The summed E-state index contributed by atoms with van der Waals surface area (Å²) in [4.78, 5) is 8.29. The molecular formula is C13H18ClN5O. The molecule has 1 fully saturated rings. The third-order valence-corrected chi connectivity index (χ3v) is 4.35. The molecule has 7 heteroatoms. The van der Waals surface area contributed by atoms with Gasteiger partial charge in [-0.05, 0) is 25.2 Å². The average Bonchev–Trinajstić information content (AvgIpc) is 2.88. The van der Waals surface area contributed by atoms with Crippen molar-refractivity contribution in [2.45, 2.75) is 26.7 Å². The van der Waals surface area contributed by atoms with Crippen LogP contribution in [0.3, 0.4) is 0 Å². The number of nitrogens with zero attached hydrogens (tertiary/aromatic N) is 4. The first-order chi connectivity index (χ1) is 9.59. The Morgan fingerprint density at radius 2 is 2.20 bits per heavy atom. The zero-order valence-corrected chi connectivity index (χ0v) is 12.4. The van der Waals surface area contributed by atoms with Gasteiger partial charge in [-0.15, -0.1) is 0 Å². The molecule has 6 nitrogen and oxygen atoms in total. The molecule has 0 bridgehead atoms. The normalized spacial score (nSPS) is 18.4. The molecule has 2 aromatic rings. The second-order valence-electron chi connectivity index (χ2n) is 5.62. The topological polar surface area (TPSA) is 64.3 Å². The van der Waals surface area contributed by atoms with Crippen LogP contribution in [0.4, 0.5) is 5.82 Å². The molecule has 1 saturated heterocycles. The molecule has 1 aliphatic heterocycles. The van der Waals surface area contributed by atoms with E-state index in [1.54, 1.807) is 4.52 Å². The predicted molar refractivity (Wildman–Crippen MR) is 77.2 cm³/mol. The zero-order valence-electron chi connectivity index (χ0n) is 11.7. The van der Waals surface area contributed by atoms with Crippen LogP contribution < -0.4 is 5.32 Å². The number of aromatic nitrogens is 4. The maximum absolute atomic E-state index is 6.15. The van der Waals surface area contributed by atoms with Gasteiger partial charge >= 0.3 is 0 Å². The van der Waals surface area contributed by atoms with E-state index in [9.17, 15) is 0 Å². The predicted octanol–water partition coefficient (Wildman–Crippen LogP) is 2.31. The third kappa shape index (κ3) is 2.45. The molecule has 3 rings (SSSR count). The van der Waals surface area contributed by atoms with Crippen LogP contribution >= 0.6 is 11.6 Å². The largest absolute Gasteiger partial charge is 0.381 e. The van der Waals surface area contributed by atoms with Crippen LogP contribution in [0, 0.1) is 12.3 Å². The molecule has 108 valence electrons. The molecule has 1 N–H and O–H groups in total. The van der Waals surface area contributed by atoms with Crippen molar-refractivity contribution in [3.63, 3.8) is 0 Å². The monoisotopic (exact) mass is 295 g/mol. The molecule has 0 saturated carbocycles. The van der Waals surface area contributed by atoms with E-state index in [0.29, 0.717) is 10.9 Å². The van der Waals surface area contributed by atoms with Crippen LogP contribution in [0.5, 0.6) is 0 Å². The van der Waals surface area contributed by atoms with Gasteiger partial charge in [-0.3, -0.25) is 0 Å². The number of ether oxygens (including phenoxy) is 1. The van der Waals surface area contributed by atoms with Gasteiger partial charge in [0, 0.05) is 25.3 Å². The van der Waals surface area contributed by atoms with Crippen LogP contribution in [-0.4, -0.2) is 39.3 Å². The number of hydrogen-bond acceptors (Lipinski definition) is 5. The Morgan fingerprint density at radius 1 is 1.45 bits per heavy atom. The second-order valence-corrected chi connectivity index (χ2v) is 5.98. The molecule has 0 aromatic carbocycles. The Balaban J connectivity index is 1.86. The van der Waals surface area contributed by atoms with Crippen molar-refractivity contribution in [2.75, 3.05) is 25.1 Å². The molecule has 0 unspecified atom stereocenters. The summed E-state index contributed by atoms with van der Waals surface area (Å²) >= 11 is 6.15. The summed E-state index contributed by atoms with van der Waals surface area (Å²) in [5, 5.41) is 8.14. The molecule has 0 aliphatic carbocycles. The summed E-state index contributed by atoms with van der Waals surface area (Å²) in [7, 11) is 0. The van der Waals surface area contributed by atoms with Crippen molar-refractivity contribution >= 4 is 23.2 Å². The summed E-state index contributed by atoms with van der Waals surface area (Å²) in [6.45, 7) is 6.72. The van der Waals surface area contributed by atoms with E-state index in [1.807, 2.05) is 6.92 Å². The lowest BCUT2D eigenvalue weighted by atomic mass is 9.82. The minimum Gasteiger partial charge on any atom is -0.381 e. The molecule has 1 aliphatic rings. The van der Waals surface area contributed by atoms with Gasteiger partial charge in [-0.1, -0.05) is 18.5 Å². The van der Waals surface area contributed by atoms with E-state index in [1.165, 1.54) is 6.33 Å². The van der Waals surface area contributed by atoms with E-state index in [2.05, 4.69) is 27.3 Å². The fourth-order valence-electron chi connectivity index (χ4n) is 2.44. The minimum absolute atomic E-state index is 0.230. The van der Waals surface area contributed by atoms with Gasteiger partial charge in [-0.25, -0.2) is 0 Å². The van der Waals surface area contributed by atoms with E-state index < -0.39 is 0 Å². The molecule has 0 radical (unpaired) electrons. The lowest BCUT2D eigenvalue weighted by molar-refractivity contribution is 0.0299. The van der Waals surface area contributed by atoms with E-state index in [-0.39, 0.29) is 5.41 Å². The van der Waals surface area contributed by atoms with Gasteiger partial charge in [0.1, 0.15) is 17.3 Å². The summed E-state index contributed by atoms with van der Waals surface area (Å²) in [6.07, 6.45) is 3.59. The van der Waals surface area contributed by atoms with Crippen molar-refractivity contribution in [1.29, 1.82) is 0 Å². The Hall–Kier alpha value is -1.40. The number of nitrogens with one attached hydrogen (secondary N) is 1. The number of hydrogen-bond donors (Lipinski definition) is 1. The number of halogens is 1. The quantitative estimate of drug-likeness (QED) is 0.880. The molecular weight excluding hydrogens is 278 g/mol. The highest BCUT2D eigenvalue weighted by Crippen LogP contribution is 2.31. The van der Waals surface area contributed by atoms with Crippen LogP contribution in [0.1, 0.15) is 25.3 Å². The SMILES string of the molecule is Cc1c(Cl)nc2ncnn2c1NCC1(C)CCOCC1. The first-order valence-corrected chi connectivity index (χ1v) is 7.14. The zero-order chi connectivity index (χ0) is 14.2. The minimum atomic E-state index is 0.230. The van der Waals surface area contributed by atoms with Gasteiger partial charge in [-0.2, -0.15) is 19.6 Å². The average molecular weight is 296 g/mol. The van der Waals surface area contributed by atoms with E-state index in [0.717, 1.165) is 44.0 Å². The molecule has 20 heavy (non-hydrogen) atoms.